The van der Waals surface area contributed by atoms with Gasteiger partial charge in [0.2, 0.25) is 0 Å². The molecule has 0 spiro atoms. The van der Waals surface area contributed by atoms with Gasteiger partial charge in [-0.1, -0.05) is 18.9 Å². The van der Waals surface area contributed by atoms with Gasteiger partial charge in [-0.05, 0) is 51.0 Å². The summed E-state index contributed by atoms with van der Waals surface area (Å²) >= 11 is 0. The molecule has 0 aromatic carbocycles. The molecule has 0 heterocycles. The van der Waals surface area contributed by atoms with Gasteiger partial charge < -0.3 is 0 Å². The fraction of sp³-hybridized carbons (Fsp3) is 0.733. The molecule has 2 aliphatic rings. The summed E-state index contributed by atoms with van der Waals surface area (Å²) < 4.78 is 0. The fourth-order valence-electron chi connectivity index (χ4n) is 3.92. The molecule has 94 valence electrons. The monoisotopic (exact) mass is 234 g/mol. The summed E-state index contributed by atoms with van der Waals surface area (Å²) in [5.41, 5.74) is 1.66. The van der Waals surface area contributed by atoms with Crippen LogP contribution in [0.1, 0.15) is 59.8 Å². The van der Waals surface area contributed by atoms with Crippen LogP contribution in [0.5, 0.6) is 0 Å². The van der Waals surface area contributed by atoms with Crippen molar-refractivity contribution in [2.45, 2.75) is 59.8 Å². The lowest BCUT2D eigenvalue weighted by atomic mass is 9.55. The Labute approximate surface area is 103 Å². The lowest BCUT2D eigenvalue weighted by Crippen LogP contribution is -2.47. The van der Waals surface area contributed by atoms with Crippen molar-refractivity contribution in [1.82, 2.24) is 0 Å². The summed E-state index contributed by atoms with van der Waals surface area (Å²) in [7, 11) is 0. The lowest BCUT2D eigenvalue weighted by Gasteiger charge is -2.46. The van der Waals surface area contributed by atoms with Gasteiger partial charge in [-0.3, -0.25) is 9.59 Å². The topological polar surface area (TPSA) is 34.1 Å². The molecule has 0 aromatic heterocycles. The number of allylic oxidation sites excluding steroid dienone is 2. The first-order chi connectivity index (χ1) is 7.82. The second-order valence-corrected chi connectivity index (χ2v) is 6.31. The van der Waals surface area contributed by atoms with Crippen molar-refractivity contribution >= 4 is 11.6 Å². The number of carbonyl (C=O) groups is 2. The van der Waals surface area contributed by atoms with Crippen molar-refractivity contribution < 1.29 is 9.59 Å². The van der Waals surface area contributed by atoms with Crippen LogP contribution >= 0.6 is 0 Å². The summed E-state index contributed by atoms with van der Waals surface area (Å²) in [6, 6.07) is 0. The molecule has 17 heavy (non-hydrogen) atoms. The Bertz CT molecular complexity index is 415. The molecule has 2 saturated carbocycles. The van der Waals surface area contributed by atoms with Gasteiger partial charge in [0.25, 0.3) is 0 Å². The number of Topliss-reactive ketones (excluding diaryl/α,β-unsaturated/α-hetero) is 2. The number of ketones is 2. The van der Waals surface area contributed by atoms with Gasteiger partial charge in [0, 0.05) is 11.8 Å². The highest BCUT2D eigenvalue weighted by molar-refractivity contribution is 6.00. The zero-order chi connectivity index (χ0) is 12.8. The molecule has 2 rings (SSSR count). The maximum atomic E-state index is 12.2. The van der Waals surface area contributed by atoms with Crippen LogP contribution in [0.4, 0.5) is 0 Å². The van der Waals surface area contributed by atoms with E-state index < -0.39 is 0 Å². The Morgan fingerprint density at radius 2 is 1.76 bits per heavy atom. The first kappa shape index (κ1) is 12.5. The minimum atomic E-state index is -0.256. The summed E-state index contributed by atoms with van der Waals surface area (Å²) in [5.74, 6) is 0.551. The molecule has 0 unspecified atom stereocenters. The average molecular weight is 234 g/mol. The second kappa shape index (κ2) is 3.79. The van der Waals surface area contributed by atoms with Crippen LogP contribution in [0.3, 0.4) is 0 Å². The van der Waals surface area contributed by atoms with Crippen LogP contribution in [0.25, 0.3) is 0 Å². The minimum absolute atomic E-state index is 0.0884. The van der Waals surface area contributed by atoms with Crippen molar-refractivity contribution in [3.05, 3.63) is 11.1 Å². The molecule has 0 saturated heterocycles. The van der Waals surface area contributed by atoms with Crippen molar-refractivity contribution in [1.29, 1.82) is 0 Å². The zero-order valence-corrected chi connectivity index (χ0v) is 11.4. The van der Waals surface area contributed by atoms with Gasteiger partial charge in [0.15, 0.2) is 5.78 Å². The highest BCUT2D eigenvalue weighted by atomic mass is 16.1. The molecule has 0 bridgehead atoms. The quantitative estimate of drug-likeness (QED) is 0.651. The second-order valence-electron chi connectivity index (χ2n) is 6.31. The normalized spacial score (nSPS) is 36.9. The molecule has 0 amide bonds. The van der Waals surface area contributed by atoms with E-state index in [1.54, 1.807) is 6.92 Å². The Morgan fingerprint density at radius 1 is 1.12 bits per heavy atom. The Balaban J connectivity index is 2.50. The number of rotatable bonds is 1. The number of carbonyl (C=O) groups excluding carboxylic acids is 2. The third-order valence-corrected chi connectivity index (χ3v) is 5.13. The van der Waals surface area contributed by atoms with E-state index >= 15 is 0 Å². The Morgan fingerprint density at radius 3 is 2.29 bits per heavy atom. The fourth-order valence-corrected chi connectivity index (χ4v) is 3.92. The van der Waals surface area contributed by atoms with Gasteiger partial charge in [0.05, 0.1) is 0 Å². The molecular formula is C15H22O2. The zero-order valence-electron chi connectivity index (χ0n) is 11.4. The molecule has 2 nitrogen and oxygen atoms in total. The smallest absolute Gasteiger partial charge is 0.159 e. The maximum Gasteiger partial charge on any atom is 0.159 e. The summed E-state index contributed by atoms with van der Waals surface area (Å²) in [5, 5.41) is 0. The van der Waals surface area contributed by atoms with E-state index in [0.29, 0.717) is 12.8 Å². The van der Waals surface area contributed by atoms with Crippen molar-refractivity contribution in [3.63, 3.8) is 0 Å². The summed E-state index contributed by atoms with van der Waals surface area (Å²) in [6.07, 6.45) is 4.31. The van der Waals surface area contributed by atoms with Crippen molar-refractivity contribution in [3.8, 4) is 0 Å². The number of fused-ring (bicyclic) bond motifs is 1. The van der Waals surface area contributed by atoms with Crippen LogP contribution in [0.2, 0.25) is 0 Å². The predicted octanol–water partition coefficient (Wildman–Crippen LogP) is 3.45. The van der Waals surface area contributed by atoms with Crippen molar-refractivity contribution in [2.24, 2.45) is 10.8 Å². The molecular weight excluding hydrogens is 212 g/mol. The number of hydrogen-bond donors (Lipinski definition) is 0. The first-order valence-electron chi connectivity index (χ1n) is 6.53. The van der Waals surface area contributed by atoms with Gasteiger partial charge in [-0.15, -0.1) is 0 Å². The molecule has 2 heteroatoms. The minimum Gasteiger partial charge on any atom is -0.299 e. The van der Waals surface area contributed by atoms with Gasteiger partial charge >= 0.3 is 0 Å². The molecule has 0 aliphatic heterocycles. The number of hydrogen-bond acceptors (Lipinski definition) is 2. The van der Waals surface area contributed by atoms with Crippen LogP contribution in [-0.2, 0) is 9.59 Å². The van der Waals surface area contributed by atoms with E-state index in [4.69, 9.17) is 0 Å². The lowest BCUT2D eigenvalue weighted by molar-refractivity contribution is -0.137. The highest BCUT2D eigenvalue weighted by Gasteiger charge is 2.58. The molecule has 0 N–H and O–H groups in total. The van der Waals surface area contributed by atoms with Gasteiger partial charge in [-0.2, -0.15) is 0 Å². The van der Waals surface area contributed by atoms with E-state index in [9.17, 15) is 9.59 Å². The molecule has 2 fully saturated rings. The Hall–Kier alpha value is -0.920. The van der Waals surface area contributed by atoms with E-state index in [-0.39, 0.29) is 22.4 Å². The van der Waals surface area contributed by atoms with Crippen LogP contribution in [0.15, 0.2) is 11.1 Å². The third-order valence-electron chi connectivity index (χ3n) is 5.13. The summed E-state index contributed by atoms with van der Waals surface area (Å²) in [6.45, 7) is 7.82. The SMILES string of the molecule is CC(=O)[C@@]12CCC[C@]1(C)CC(=O)C(=C(C)C)C2. The highest BCUT2D eigenvalue weighted by Crippen LogP contribution is 2.61. The molecule has 0 radical (unpaired) electrons. The van der Waals surface area contributed by atoms with Crippen LogP contribution in [-0.4, -0.2) is 11.6 Å². The predicted molar refractivity (Wildman–Crippen MR) is 67.7 cm³/mol. The largest absolute Gasteiger partial charge is 0.299 e. The maximum absolute atomic E-state index is 12.2. The molecule has 2 atom stereocenters. The van der Waals surface area contributed by atoms with Gasteiger partial charge in [0.1, 0.15) is 5.78 Å². The Kier molecular flexibility index (Phi) is 2.80. The van der Waals surface area contributed by atoms with E-state index in [2.05, 4.69) is 6.92 Å². The standard InChI is InChI=1S/C15H22O2/c1-10(2)12-8-15(11(3)16)7-5-6-14(15,4)9-13(12)17/h5-9H2,1-4H3/t14-,15+/m1/s1. The van der Waals surface area contributed by atoms with Crippen LogP contribution in [0, 0.1) is 10.8 Å². The first-order valence-corrected chi connectivity index (χ1v) is 6.53. The average Bonchev–Trinajstić information content (AvgIpc) is 2.53. The molecule has 2 aliphatic carbocycles. The van der Waals surface area contributed by atoms with E-state index in [0.717, 1.165) is 30.4 Å². The molecule has 0 aromatic rings. The van der Waals surface area contributed by atoms with Gasteiger partial charge in [-0.25, -0.2) is 0 Å². The van der Waals surface area contributed by atoms with Crippen LogP contribution < -0.4 is 0 Å². The summed E-state index contributed by atoms with van der Waals surface area (Å²) in [4.78, 5) is 24.3. The van der Waals surface area contributed by atoms with E-state index in [1.165, 1.54) is 0 Å². The van der Waals surface area contributed by atoms with E-state index in [1.807, 2.05) is 13.8 Å². The third kappa shape index (κ3) is 1.61. The van der Waals surface area contributed by atoms with Crippen molar-refractivity contribution in [2.75, 3.05) is 0 Å².